The first kappa shape index (κ1) is 32.4. The molecule has 4 aromatic carbocycles. The summed E-state index contributed by atoms with van der Waals surface area (Å²) in [4.78, 5) is 16.9. The van der Waals surface area contributed by atoms with Crippen molar-refractivity contribution in [2.24, 2.45) is 0 Å². The lowest BCUT2D eigenvalue weighted by atomic mass is 10.1. The quantitative estimate of drug-likeness (QED) is 0.141. The summed E-state index contributed by atoms with van der Waals surface area (Å²) in [6.07, 6.45) is -4.61. The number of hydrogen-bond donors (Lipinski definition) is 2. The summed E-state index contributed by atoms with van der Waals surface area (Å²) in [5, 5.41) is 2.74. The van der Waals surface area contributed by atoms with Crippen molar-refractivity contribution in [3.63, 3.8) is 0 Å². The zero-order valence-electron chi connectivity index (χ0n) is 23.9. The van der Waals surface area contributed by atoms with Crippen molar-refractivity contribution >= 4 is 32.7 Å². The molecule has 0 radical (unpaired) electrons. The number of nitrogens with zero attached hydrogens (tertiary/aromatic N) is 2. The van der Waals surface area contributed by atoms with Crippen LogP contribution in [0.4, 0.5) is 23.2 Å². The van der Waals surface area contributed by atoms with Crippen LogP contribution in [0.3, 0.4) is 0 Å². The minimum absolute atomic E-state index is 0.0555. The van der Waals surface area contributed by atoms with Crippen molar-refractivity contribution in [2.45, 2.75) is 44.3 Å². The van der Waals surface area contributed by atoms with Gasteiger partial charge in [-0.1, -0.05) is 38.1 Å². The average molecular weight is 628 g/mol. The third-order valence-corrected chi connectivity index (χ3v) is 7.64. The minimum atomic E-state index is -4.55. The van der Waals surface area contributed by atoms with Crippen LogP contribution in [0, 0.1) is 5.82 Å². The molecule has 1 aromatic heterocycles. The Labute approximate surface area is 251 Å². The SMILES string of the molecule is CC.CC(c1ccc(F)cc1)n1c(-c2ccc(NC(=O)Cc3ccc(S(=O)(=O)O)cc3)cc2)nc2ccc(C(F)(F)F)cc21. The predicted octanol–water partition coefficient (Wildman–Crippen LogP) is 7.92. The van der Waals surface area contributed by atoms with E-state index >= 15 is 0 Å². The third-order valence-electron chi connectivity index (χ3n) is 6.77. The van der Waals surface area contributed by atoms with E-state index in [2.05, 4.69) is 10.3 Å². The number of anilines is 1. The highest BCUT2D eigenvalue weighted by molar-refractivity contribution is 7.85. The van der Waals surface area contributed by atoms with Gasteiger partial charge in [-0.25, -0.2) is 9.37 Å². The molecule has 0 aliphatic rings. The van der Waals surface area contributed by atoms with E-state index in [1.54, 1.807) is 47.9 Å². The van der Waals surface area contributed by atoms with Crippen molar-refractivity contribution in [3.05, 3.63) is 114 Å². The Morgan fingerprint density at radius 1 is 0.932 bits per heavy atom. The number of benzene rings is 4. The molecule has 0 aliphatic heterocycles. The lowest BCUT2D eigenvalue weighted by molar-refractivity contribution is -0.137. The fraction of sp³-hybridized carbons (Fsp3) is 0.188. The number of amides is 1. The van der Waals surface area contributed by atoms with E-state index < -0.39 is 33.7 Å². The highest BCUT2D eigenvalue weighted by Crippen LogP contribution is 2.36. The van der Waals surface area contributed by atoms with Crippen LogP contribution in [-0.2, 0) is 27.5 Å². The Bertz CT molecular complexity index is 1870. The highest BCUT2D eigenvalue weighted by atomic mass is 32.2. The minimum Gasteiger partial charge on any atom is -0.326 e. The Balaban J connectivity index is 0.00000216. The Morgan fingerprint density at radius 2 is 1.55 bits per heavy atom. The standard InChI is InChI=1S/C30H23F4N3O4S.C2H6/c1-18(20-4-9-23(31)10-5-20)37-27-17-22(30(32,33)34)8-15-26(27)36-29(37)21-6-11-24(12-7-21)35-28(38)16-19-2-13-25(14-3-19)42(39,40)41;1-2/h2-15,17-18H,16H2,1H3,(H,35,38)(H,39,40,41);1-2H3. The van der Waals surface area contributed by atoms with Gasteiger partial charge in [0, 0.05) is 11.3 Å². The van der Waals surface area contributed by atoms with Crippen molar-refractivity contribution in [1.82, 2.24) is 9.55 Å². The molecule has 0 aliphatic carbocycles. The van der Waals surface area contributed by atoms with Gasteiger partial charge in [0.2, 0.25) is 5.91 Å². The van der Waals surface area contributed by atoms with E-state index in [1.807, 2.05) is 13.8 Å². The van der Waals surface area contributed by atoms with E-state index in [1.165, 1.54) is 42.5 Å². The number of aromatic nitrogens is 2. The molecule has 0 saturated heterocycles. The fourth-order valence-corrected chi connectivity index (χ4v) is 5.11. The van der Waals surface area contributed by atoms with Crippen LogP contribution < -0.4 is 5.32 Å². The molecule has 12 heteroatoms. The van der Waals surface area contributed by atoms with Gasteiger partial charge < -0.3 is 9.88 Å². The maximum atomic E-state index is 13.6. The van der Waals surface area contributed by atoms with Crippen LogP contribution in [0.15, 0.2) is 95.9 Å². The van der Waals surface area contributed by atoms with Gasteiger partial charge in [-0.05, 0) is 84.8 Å². The molecule has 0 bridgehead atoms. The van der Waals surface area contributed by atoms with E-state index in [9.17, 15) is 30.8 Å². The molecule has 230 valence electrons. The lowest BCUT2D eigenvalue weighted by Gasteiger charge is -2.19. The van der Waals surface area contributed by atoms with Crippen LogP contribution >= 0.6 is 0 Å². The molecule has 5 rings (SSSR count). The largest absolute Gasteiger partial charge is 0.416 e. The third kappa shape index (κ3) is 7.32. The molecular weight excluding hydrogens is 598 g/mol. The van der Waals surface area contributed by atoms with Crippen LogP contribution in [0.2, 0.25) is 0 Å². The molecular formula is C32H29F4N3O4S. The van der Waals surface area contributed by atoms with Gasteiger partial charge >= 0.3 is 6.18 Å². The molecule has 1 atom stereocenters. The number of fused-ring (bicyclic) bond motifs is 1. The number of rotatable bonds is 7. The Kier molecular flexibility index (Phi) is 9.55. The summed E-state index contributed by atoms with van der Waals surface area (Å²) in [6.45, 7) is 5.79. The first-order valence-corrected chi connectivity index (χ1v) is 15.0. The van der Waals surface area contributed by atoms with E-state index in [-0.39, 0.29) is 22.7 Å². The number of nitrogens with one attached hydrogen (secondary N) is 1. The van der Waals surface area contributed by atoms with Crippen molar-refractivity contribution in [3.8, 4) is 11.4 Å². The molecule has 1 heterocycles. The number of imidazole rings is 1. The molecule has 2 N–H and O–H groups in total. The summed E-state index contributed by atoms with van der Waals surface area (Å²) >= 11 is 0. The number of alkyl halides is 3. The van der Waals surface area contributed by atoms with Gasteiger partial charge in [0.25, 0.3) is 10.1 Å². The predicted molar refractivity (Wildman–Crippen MR) is 160 cm³/mol. The van der Waals surface area contributed by atoms with Gasteiger partial charge in [-0.15, -0.1) is 0 Å². The summed E-state index contributed by atoms with van der Waals surface area (Å²) in [5.41, 5.74) is 2.01. The van der Waals surface area contributed by atoms with Crippen molar-refractivity contribution in [1.29, 1.82) is 0 Å². The smallest absolute Gasteiger partial charge is 0.326 e. The molecule has 5 aromatic rings. The number of hydrogen-bond acceptors (Lipinski definition) is 4. The second-order valence-corrected chi connectivity index (χ2v) is 11.1. The highest BCUT2D eigenvalue weighted by Gasteiger charge is 2.31. The van der Waals surface area contributed by atoms with Gasteiger partial charge in [-0.2, -0.15) is 21.6 Å². The Morgan fingerprint density at radius 3 is 2.11 bits per heavy atom. The molecule has 7 nitrogen and oxygen atoms in total. The van der Waals surface area contributed by atoms with Crippen LogP contribution in [0.1, 0.15) is 43.5 Å². The van der Waals surface area contributed by atoms with Gasteiger partial charge in [-0.3, -0.25) is 9.35 Å². The van der Waals surface area contributed by atoms with E-state index in [4.69, 9.17) is 4.55 Å². The van der Waals surface area contributed by atoms with Gasteiger partial charge in [0.15, 0.2) is 0 Å². The van der Waals surface area contributed by atoms with Gasteiger partial charge in [0.1, 0.15) is 11.6 Å². The average Bonchev–Trinajstić information content (AvgIpc) is 3.37. The molecule has 1 amide bonds. The number of halogens is 4. The van der Waals surface area contributed by atoms with Crippen molar-refractivity contribution < 1.29 is 35.3 Å². The first-order chi connectivity index (χ1) is 20.8. The van der Waals surface area contributed by atoms with Crippen LogP contribution in [0.5, 0.6) is 0 Å². The van der Waals surface area contributed by atoms with E-state index in [0.29, 0.717) is 33.7 Å². The first-order valence-electron chi connectivity index (χ1n) is 13.6. The molecule has 1 unspecified atom stereocenters. The normalized spacial score (nSPS) is 12.4. The lowest BCUT2D eigenvalue weighted by Crippen LogP contribution is -2.14. The van der Waals surface area contributed by atoms with Gasteiger partial charge in [0.05, 0.1) is 34.0 Å². The molecule has 0 spiro atoms. The second kappa shape index (κ2) is 13.0. The van der Waals surface area contributed by atoms with E-state index in [0.717, 1.165) is 12.1 Å². The molecule has 0 saturated carbocycles. The topological polar surface area (TPSA) is 101 Å². The summed E-state index contributed by atoms with van der Waals surface area (Å²) < 4.78 is 87.4. The zero-order valence-corrected chi connectivity index (χ0v) is 24.7. The summed E-state index contributed by atoms with van der Waals surface area (Å²) in [6, 6.07) is 20.4. The molecule has 0 fully saturated rings. The maximum absolute atomic E-state index is 13.6. The van der Waals surface area contributed by atoms with Crippen LogP contribution in [-0.4, -0.2) is 28.4 Å². The Hall–Kier alpha value is -4.55. The summed E-state index contributed by atoms with van der Waals surface area (Å²) in [7, 11) is -4.34. The molecule has 44 heavy (non-hydrogen) atoms. The number of carbonyl (C=O) groups excluding carboxylic acids is 1. The number of carbonyl (C=O) groups is 1. The summed E-state index contributed by atoms with van der Waals surface area (Å²) in [5.74, 6) is -0.425. The monoisotopic (exact) mass is 627 g/mol. The zero-order chi connectivity index (χ0) is 32.2. The fourth-order valence-electron chi connectivity index (χ4n) is 4.63. The maximum Gasteiger partial charge on any atom is 0.416 e. The van der Waals surface area contributed by atoms with Crippen molar-refractivity contribution in [2.75, 3.05) is 5.32 Å². The second-order valence-electron chi connectivity index (χ2n) is 9.66. The van der Waals surface area contributed by atoms with Crippen LogP contribution in [0.25, 0.3) is 22.4 Å².